The average Bonchev–Trinajstić information content (AvgIpc) is 2.56. The van der Waals surface area contributed by atoms with Crippen LogP contribution in [0.15, 0.2) is 36.4 Å². The quantitative estimate of drug-likeness (QED) is 0.822. The van der Waals surface area contributed by atoms with Gasteiger partial charge in [0.05, 0.1) is 18.6 Å². The SMILES string of the molecule is Cc1cccc(C(C)C(=O)NC(CO)c2cc(F)c(F)c(F)c2)c1. The molecular weight excluding hydrogens is 319 g/mol. The van der Waals surface area contributed by atoms with Gasteiger partial charge in [-0.05, 0) is 37.1 Å². The van der Waals surface area contributed by atoms with E-state index in [1.807, 2.05) is 25.1 Å². The Morgan fingerprint density at radius 3 is 2.29 bits per heavy atom. The molecule has 2 aromatic rings. The number of nitrogens with one attached hydrogen (secondary N) is 1. The minimum absolute atomic E-state index is 0.0429. The van der Waals surface area contributed by atoms with E-state index in [0.717, 1.165) is 23.3 Å². The van der Waals surface area contributed by atoms with Crippen molar-refractivity contribution in [2.24, 2.45) is 0 Å². The molecule has 2 N–H and O–H groups in total. The van der Waals surface area contributed by atoms with E-state index in [1.165, 1.54) is 0 Å². The molecule has 0 radical (unpaired) electrons. The molecule has 2 rings (SSSR count). The summed E-state index contributed by atoms with van der Waals surface area (Å²) in [5, 5.41) is 12.0. The van der Waals surface area contributed by atoms with Crippen molar-refractivity contribution >= 4 is 5.91 Å². The lowest BCUT2D eigenvalue weighted by atomic mass is 9.97. The van der Waals surface area contributed by atoms with Gasteiger partial charge in [-0.1, -0.05) is 29.8 Å². The number of aliphatic hydroxyl groups is 1. The molecule has 24 heavy (non-hydrogen) atoms. The van der Waals surface area contributed by atoms with Crippen LogP contribution in [0.2, 0.25) is 0 Å². The molecule has 0 spiro atoms. The third-order valence-corrected chi connectivity index (χ3v) is 3.84. The lowest BCUT2D eigenvalue weighted by molar-refractivity contribution is -0.123. The third kappa shape index (κ3) is 3.94. The van der Waals surface area contributed by atoms with Crippen LogP contribution < -0.4 is 5.32 Å². The van der Waals surface area contributed by atoms with E-state index in [9.17, 15) is 23.1 Å². The van der Waals surface area contributed by atoms with Crippen LogP contribution in [-0.2, 0) is 4.79 Å². The topological polar surface area (TPSA) is 49.3 Å². The first kappa shape index (κ1) is 18.0. The summed E-state index contributed by atoms with van der Waals surface area (Å²) in [6.45, 7) is 3.01. The predicted octanol–water partition coefficient (Wildman–Crippen LogP) is 3.37. The average molecular weight is 337 g/mol. The van der Waals surface area contributed by atoms with Crippen molar-refractivity contribution in [1.29, 1.82) is 0 Å². The summed E-state index contributed by atoms with van der Waals surface area (Å²) >= 11 is 0. The van der Waals surface area contributed by atoms with Crippen LogP contribution in [0, 0.1) is 24.4 Å². The van der Waals surface area contributed by atoms with Crippen molar-refractivity contribution in [2.45, 2.75) is 25.8 Å². The summed E-state index contributed by atoms with van der Waals surface area (Å²) in [6, 6.07) is 7.86. The maximum Gasteiger partial charge on any atom is 0.227 e. The highest BCUT2D eigenvalue weighted by Crippen LogP contribution is 2.22. The molecule has 0 aliphatic heterocycles. The molecule has 2 aromatic carbocycles. The van der Waals surface area contributed by atoms with Gasteiger partial charge in [-0.25, -0.2) is 13.2 Å². The summed E-state index contributed by atoms with van der Waals surface area (Å²) in [5.41, 5.74) is 1.73. The molecule has 128 valence electrons. The van der Waals surface area contributed by atoms with Gasteiger partial charge in [0, 0.05) is 0 Å². The van der Waals surface area contributed by atoms with Crippen LogP contribution in [0.5, 0.6) is 0 Å². The van der Waals surface area contributed by atoms with Gasteiger partial charge < -0.3 is 10.4 Å². The first-order valence-corrected chi connectivity index (χ1v) is 7.45. The Morgan fingerprint density at radius 1 is 1.12 bits per heavy atom. The summed E-state index contributed by atoms with van der Waals surface area (Å²) in [4.78, 5) is 12.4. The highest BCUT2D eigenvalue weighted by atomic mass is 19.2. The van der Waals surface area contributed by atoms with Gasteiger partial charge in [0.15, 0.2) is 17.5 Å². The van der Waals surface area contributed by atoms with Crippen molar-refractivity contribution in [3.63, 3.8) is 0 Å². The molecule has 0 saturated carbocycles. The fraction of sp³-hybridized carbons (Fsp3) is 0.278. The van der Waals surface area contributed by atoms with Crippen molar-refractivity contribution in [3.05, 3.63) is 70.5 Å². The zero-order chi connectivity index (χ0) is 17.9. The van der Waals surface area contributed by atoms with Crippen molar-refractivity contribution in [3.8, 4) is 0 Å². The standard InChI is InChI=1S/C18H18F3NO2/c1-10-4-3-5-12(6-10)11(2)18(24)22-16(9-23)13-7-14(19)17(21)15(20)8-13/h3-8,11,16,23H,9H2,1-2H3,(H,22,24). The molecule has 2 unspecified atom stereocenters. The van der Waals surface area contributed by atoms with Gasteiger partial charge in [-0.15, -0.1) is 0 Å². The largest absolute Gasteiger partial charge is 0.394 e. The Bertz CT molecular complexity index is 726. The van der Waals surface area contributed by atoms with Crippen molar-refractivity contribution in [2.75, 3.05) is 6.61 Å². The predicted molar refractivity (Wildman–Crippen MR) is 83.9 cm³/mol. The van der Waals surface area contributed by atoms with E-state index in [0.29, 0.717) is 0 Å². The van der Waals surface area contributed by atoms with Crippen LogP contribution in [0.4, 0.5) is 13.2 Å². The maximum atomic E-state index is 13.3. The van der Waals surface area contributed by atoms with Crippen LogP contribution in [0.3, 0.4) is 0 Å². The molecule has 0 bridgehead atoms. The molecule has 0 heterocycles. The van der Waals surface area contributed by atoms with Crippen molar-refractivity contribution < 1.29 is 23.1 Å². The Hall–Kier alpha value is -2.34. The number of hydrogen-bond donors (Lipinski definition) is 2. The fourth-order valence-electron chi connectivity index (χ4n) is 2.40. The number of carbonyl (C=O) groups excluding carboxylic acids is 1. The van der Waals surface area contributed by atoms with Gasteiger partial charge in [-0.3, -0.25) is 4.79 Å². The summed E-state index contributed by atoms with van der Waals surface area (Å²) < 4.78 is 39.7. The van der Waals surface area contributed by atoms with Gasteiger partial charge in [0.2, 0.25) is 5.91 Å². The highest BCUT2D eigenvalue weighted by molar-refractivity contribution is 5.83. The molecule has 1 amide bonds. The first-order chi connectivity index (χ1) is 11.3. The Balaban J connectivity index is 2.19. The van der Waals surface area contributed by atoms with Crippen LogP contribution in [0.1, 0.15) is 35.6 Å². The molecular formula is C18H18F3NO2. The smallest absolute Gasteiger partial charge is 0.227 e. The number of benzene rings is 2. The molecule has 6 heteroatoms. The number of amides is 1. The monoisotopic (exact) mass is 337 g/mol. The molecule has 0 aliphatic carbocycles. The number of halogens is 3. The first-order valence-electron chi connectivity index (χ1n) is 7.45. The Morgan fingerprint density at radius 2 is 1.75 bits per heavy atom. The molecule has 2 atom stereocenters. The van der Waals surface area contributed by atoms with Crippen LogP contribution in [-0.4, -0.2) is 17.6 Å². The molecule has 0 aliphatic rings. The fourth-order valence-corrected chi connectivity index (χ4v) is 2.40. The van der Waals surface area contributed by atoms with Crippen molar-refractivity contribution in [1.82, 2.24) is 5.32 Å². The summed E-state index contributed by atoms with van der Waals surface area (Å²) in [5.74, 6) is -5.26. The Labute approximate surface area is 138 Å². The second-order valence-electron chi connectivity index (χ2n) is 5.68. The van der Waals surface area contributed by atoms with E-state index in [1.54, 1.807) is 13.0 Å². The number of hydrogen-bond acceptors (Lipinski definition) is 2. The maximum absolute atomic E-state index is 13.3. The number of aryl methyl sites for hydroxylation is 1. The summed E-state index contributed by atoms with van der Waals surface area (Å²) in [7, 11) is 0. The van der Waals surface area contributed by atoms with Crippen LogP contribution >= 0.6 is 0 Å². The third-order valence-electron chi connectivity index (χ3n) is 3.84. The van der Waals surface area contributed by atoms with Crippen LogP contribution in [0.25, 0.3) is 0 Å². The molecule has 0 fully saturated rings. The minimum atomic E-state index is -1.59. The normalized spacial score (nSPS) is 13.4. The number of aliphatic hydroxyl groups excluding tert-OH is 1. The second kappa shape index (κ2) is 7.49. The minimum Gasteiger partial charge on any atom is -0.394 e. The van der Waals surface area contributed by atoms with E-state index in [4.69, 9.17) is 0 Å². The van der Waals surface area contributed by atoms with Gasteiger partial charge >= 0.3 is 0 Å². The summed E-state index contributed by atoms with van der Waals surface area (Å²) in [6.07, 6.45) is 0. The highest BCUT2D eigenvalue weighted by Gasteiger charge is 2.22. The molecule has 0 aromatic heterocycles. The molecule has 3 nitrogen and oxygen atoms in total. The number of rotatable bonds is 5. The lowest BCUT2D eigenvalue weighted by Gasteiger charge is -2.20. The Kier molecular flexibility index (Phi) is 5.62. The lowest BCUT2D eigenvalue weighted by Crippen LogP contribution is -2.34. The zero-order valence-corrected chi connectivity index (χ0v) is 13.3. The van der Waals surface area contributed by atoms with Gasteiger partial charge in [0.1, 0.15) is 0 Å². The van der Waals surface area contributed by atoms with E-state index < -0.39 is 41.9 Å². The number of carbonyl (C=O) groups is 1. The zero-order valence-electron chi connectivity index (χ0n) is 13.3. The van der Waals surface area contributed by atoms with E-state index in [-0.39, 0.29) is 5.56 Å². The second-order valence-corrected chi connectivity index (χ2v) is 5.68. The van der Waals surface area contributed by atoms with Gasteiger partial charge in [0.25, 0.3) is 0 Å². The van der Waals surface area contributed by atoms with E-state index in [2.05, 4.69) is 5.32 Å². The van der Waals surface area contributed by atoms with E-state index >= 15 is 0 Å². The van der Waals surface area contributed by atoms with Gasteiger partial charge in [-0.2, -0.15) is 0 Å². The molecule has 0 saturated heterocycles.